The first-order valence-electron chi connectivity index (χ1n) is 4.29. The first-order chi connectivity index (χ1) is 6.79. The molecule has 0 bridgehead atoms. The van der Waals surface area contributed by atoms with Gasteiger partial charge in [-0.25, -0.2) is 4.39 Å². The Morgan fingerprint density at radius 3 is 2.27 bits per heavy atom. The van der Waals surface area contributed by atoms with Gasteiger partial charge in [0.05, 0.1) is 0 Å². The fourth-order valence-electron chi connectivity index (χ4n) is 1.04. The first kappa shape index (κ1) is 11.8. The van der Waals surface area contributed by atoms with Crippen LogP contribution in [-0.4, -0.2) is 12.3 Å². The van der Waals surface area contributed by atoms with E-state index in [9.17, 15) is 17.6 Å². The van der Waals surface area contributed by atoms with Crippen LogP contribution >= 0.6 is 0 Å². The van der Waals surface area contributed by atoms with E-state index in [0.717, 1.165) is 13.0 Å². The van der Waals surface area contributed by atoms with Gasteiger partial charge in [-0.3, -0.25) is 0 Å². The lowest BCUT2D eigenvalue weighted by atomic mass is 10.2. The topological polar surface area (TPSA) is 9.23 Å². The second kappa shape index (κ2) is 4.08. The molecule has 84 valence electrons. The monoisotopic (exact) mass is 222 g/mol. The molecule has 15 heavy (non-hydrogen) atoms. The number of rotatable bonds is 2. The lowest BCUT2D eigenvalue weighted by Gasteiger charge is -2.17. The molecule has 0 aliphatic rings. The van der Waals surface area contributed by atoms with Crippen molar-refractivity contribution in [2.24, 2.45) is 0 Å². The molecule has 1 atom stereocenters. The maximum Gasteiger partial charge on any atom is 0.425 e. The number of alkyl halides is 3. The van der Waals surface area contributed by atoms with Crippen LogP contribution in [0.3, 0.4) is 0 Å². The van der Waals surface area contributed by atoms with Crippen LogP contribution < -0.4 is 4.74 Å². The van der Waals surface area contributed by atoms with Crippen molar-refractivity contribution in [3.05, 3.63) is 29.6 Å². The molecule has 1 nitrogen and oxygen atoms in total. The highest BCUT2D eigenvalue weighted by molar-refractivity contribution is 5.28. The second-order valence-electron chi connectivity index (χ2n) is 3.27. The van der Waals surface area contributed by atoms with Gasteiger partial charge in [0.2, 0.25) is 0 Å². The summed E-state index contributed by atoms with van der Waals surface area (Å²) in [4.78, 5) is 0. The fourth-order valence-corrected chi connectivity index (χ4v) is 1.04. The van der Waals surface area contributed by atoms with Crippen LogP contribution in [0.5, 0.6) is 5.75 Å². The number of halogens is 4. The average Bonchev–Trinajstić information content (AvgIpc) is 1.99. The van der Waals surface area contributed by atoms with Crippen molar-refractivity contribution < 1.29 is 22.3 Å². The van der Waals surface area contributed by atoms with Crippen molar-refractivity contribution in [2.45, 2.75) is 26.1 Å². The van der Waals surface area contributed by atoms with E-state index in [0.29, 0.717) is 5.56 Å². The molecule has 0 saturated carbocycles. The van der Waals surface area contributed by atoms with Crippen molar-refractivity contribution in [1.29, 1.82) is 0 Å². The number of aryl methyl sites for hydroxylation is 1. The molecule has 0 spiro atoms. The van der Waals surface area contributed by atoms with Crippen molar-refractivity contribution >= 4 is 0 Å². The molecule has 0 aromatic heterocycles. The molecular formula is C10H10F4O. The second-order valence-corrected chi connectivity index (χ2v) is 3.27. The normalized spacial score (nSPS) is 13.7. The molecule has 1 aromatic rings. The lowest BCUT2D eigenvalue weighted by Crippen LogP contribution is -2.31. The SMILES string of the molecule is Cc1cc(F)cc(O[C@H](C)C(F)(F)F)c1. The molecule has 1 aromatic carbocycles. The number of benzene rings is 1. The van der Waals surface area contributed by atoms with Crippen molar-refractivity contribution in [2.75, 3.05) is 0 Å². The summed E-state index contributed by atoms with van der Waals surface area (Å²) in [5.41, 5.74) is 0.513. The third-order valence-electron chi connectivity index (χ3n) is 1.79. The summed E-state index contributed by atoms with van der Waals surface area (Å²) in [6, 6.07) is 3.49. The van der Waals surface area contributed by atoms with Gasteiger partial charge in [-0.1, -0.05) is 0 Å². The Morgan fingerprint density at radius 1 is 1.20 bits per heavy atom. The highest BCUT2D eigenvalue weighted by Gasteiger charge is 2.38. The van der Waals surface area contributed by atoms with E-state index >= 15 is 0 Å². The van der Waals surface area contributed by atoms with Crippen LogP contribution in [0.1, 0.15) is 12.5 Å². The van der Waals surface area contributed by atoms with Gasteiger partial charge in [-0.05, 0) is 31.5 Å². The predicted octanol–water partition coefficient (Wildman–Crippen LogP) is 3.46. The molecule has 0 N–H and O–H groups in total. The maximum absolute atomic E-state index is 12.8. The summed E-state index contributed by atoms with van der Waals surface area (Å²) < 4.78 is 53.7. The van der Waals surface area contributed by atoms with E-state index in [4.69, 9.17) is 0 Å². The molecule has 1 rings (SSSR count). The third-order valence-corrected chi connectivity index (χ3v) is 1.79. The minimum atomic E-state index is -4.44. The van der Waals surface area contributed by atoms with Gasteiger partial charge in [-0.15, -0.1) is 0 Å². The van der Waals surface area contributed by atoms with Gasteiger partial charge in [0.15, 0.2) is 6.10 Å². The van der Waals surface area contributed by atoms with E-state index < -0.39 is 18.1 Å². The molecule has 0 aliphatic heterocycles. The molecule has 0 amide bonds. The quantitative estimate of drug-likeness (QED) is 0.696. The molecule has 5 heteroatoms. The van der Waals surface area contributed by atoms with E-state index in [2.05, 4.69) is 4.74 Å². The summed E-state index contributed by atoms with van der Waals surface area (Å²) in [7, 11) is 0. The summed E-state index contributed by atoms with van der Waals surface area (Å²) in [5, 5.41) is 0. The van der Waals surface area contributed by atoms with E-state index in [1.807, 2.05) is 0 Å². The molecule has 0 fully saturated rings. The lowest BCUT2D eigenvalue weighted by molar-refractivity contribution is -0.189. The highest BCUT2D eigenvalue weighted by atomic mass is 19.4. The van der Waals surface area contributed by atoms with Gasteiger partial charge >= 0.3 is 6.18 Å². The first-order valence-corrected chi connectivity index (χ1v) is 4.29. The maximum atomic E-state index is 12.8. The number of hydrogen-bond donors (Lipinski definition) is 0. The third kappa shape index (κ3) is 3.42. The van der Waals surface area contributed by atoms with E-state index in [1.165, 1.54) is 12.1 Å². The Morgan fingerprint density at radius 2 is 1.80 bits per heavy atom. The summed E-state index contributed by atoms with van der Waals surface area (Å²) in [5.74, 6) is -0.725. The predicted molar refractivity (Wildman–Crippen MR) is 47.3 cm³/mol. The van der Waals surface area contributed by atoms with E-state index in [1.54, 1.807) is 6.92 Å². The van der Waals surface area contributed by atoms with Gasteiger partial charge in [-0.2, -0.15) is 13.2 Å². The van der Waals surface area contributed by atoms with Crippen molar-refractivity contribution in [3.63, 3.8) is 0 Å². The van der Waals surface area contributed by atoms with Crippen LogP contribution in [0, 0.1) is 12.7 Å². The van der Waals surface area contributed by atoms with Crippen LogP contribution in [0.2, 0.25) is 0 Å². The summed E-state index contributed by atoms with van der Waals surface area (Å²) in [6.45, 7) is 2.45. The fraction of sp³-hybridized carbons (Fsp3) is 0.400. The number of hydrogen-bond acceptors (Lipinski definition) is 1. The highest BCUT2D eigenvalue weighted by Crippen LogP contribution is 2.25. The Hall–Kier alpha value is -1.26. The zero-order chi connectivity index (χ0) is 11.6. The van der Waals surface area contributed by atoms with E-state index in [-0.39, 0.29) is 5.75 Å². The zero-order valence-electron chi connectivity index (χ0n) is 8.23. The Bertz CT molecular complexity index is 326. The Labute approximate surface area is 84.7 Å². The molecule has 0 aliphatic carbocycles. The minimum Gasteiger partial charge on any atom is -0.481 e. The van der Waals surface area contributed by atoms with Crippen LogP contribution in [0.25, 0.3) is 0 Å². The zero-order valence-corrected chi connectivity index (χ0v) is 8.23. The van der Waals surface area contributed by atoms with Crippen molar-refractivity contribution in [1.82, 2.24) is 0 Å². The van der Waals surface area contributed by atoms with Gasteiger partial charge in [0.25, 0.3) is 0 Å². The van der Waals surface area contributed by atoms with Gasteiger partial charge in [0.1, 0.15) is 11.6 Å². The van der Waals surface area contributed by atoms with Gasteiger partial charge in [0, 0.05) is 6.07 Å². The van der Waals surface area contributed by atoms with Gasteiger partial charge < -0.3 is 4.74 Å². The van der Waals surface area contributed by atoms with Crippen molar-refractivity contribution in [3.8, 4) is 5.75 Å². The Kier molecular flexibility index (Phi) is 3.21. The van der Waals surface area contributed by atoms with Crippen LogP contribution in [0.15, 0.2) is 18.2 Å². The molecule has 0 unspecified atom stereocenters. The molecular weight excluding hydrogens is 212 g/mol. The summed E-state index contributed by atoms with van der Waals surface area (Å²) in [6.07, 6.45) is -6.39. The number of ether oxygens (including phenoxy) is 1. The molecule has 0 radical (unpaired) electrons. The smallest absolute Gasteiger partial charge is 0.425 e. The van der Waals surface area contributed by atoms with Crippen LogP contribution in [-0.2, 0) is 0 Å². The average molecular weight is 222 g/mol. The molecule has 0 saturated heterocycles. The van der Waals surface area contributed by atoms with Crippen LogP contribution in [0.4, 0.5) is 17.6 Å². The summed E-state index contributed by atoms with van der Waals surface area (Å²) >= 11 is 0. The standard InChI is InChI=1S/C10H10F4O/c1-6-3-8(11)5-9(4-6)15-7(2)10(12,13)14/h3-5,7H,1-2H3/t7-/m1/s1. The Balaban J connectivity index is 2.81. The minimum absolute atomic E-state index is 0.114. The largest absolute Gasteiger partial charge is 0.481 e. The molecule has 0 heterocycles.